The first-order valence-electron chi connectivity index (χ1n) is 9.65. The number of aryl methyl sites for hydroxylation is 1. The van der Waals surface area contributed by atoms with E-state index >= 15 is 0 Å². The van der Waals surface area contributed by atoms with Gasteiger partial charge in [0.2, 0.25) is 5.88 Å². The molecule has 0 saturated heterocycles. The predicted octanol–water partition coefficient (Wildman–Crippen LogP) is 6.07. The lowest BCUT2D eigenvalue weighted by Crippen LogP contribution is -1.98. The van der Waals surface area contributed by atoms with E-state index in [9.17, 15) is 5.11 Å². The Hall–Kier alpha value is -3.44. The van der Waals surface area contributed by atoms with Crippen LogP contribution >= 0.6 is 12.4 Å². The van der Waals surface area contributed by atoms with Gasteiger partial charge in [-0.05, 0) is 54.3 Å². The Balaban J connectivity index is 0.00000272. The molecule has 1 N–H and O–H groups in total. The highest BCUT2D eigenvalue weighted by Crippen LogP contribution is 2.38. The molecular weight excluding hydrogens is 414 g/mol. The van der Waals surface area contributed by atoms with Gasteiger partial charge in [-0.15, -0.1) is 12.4 Å². The molecule has 31 heavy (non-hydrogen) atoms. The standard InChI is InChI=1S/C25H23NO4.ClH/c1-16-20-14-23(28-2)24(29-3)15-21(20)22(25(27)26-16)13-17-8-7-11-19(12-17)30-18-9-5-4-6-10-18;/h4-12,14-15H,13H2,1-3H3,(H,26,27);1H. The third-order valence-electron chi connectivity index (χ3n) is 5.04. The van der Waals surface area contributed by atoms with Gasteiger partial charge in [0, 0.05) is 23.1 Å². The minimum Gasteiger partial charge on any atom is -0.493 e. The summed E-state index contributed by atoms with van der Waals surface area (Å²) in [6, 6.07) is 21.3. The number of hydrogen-bond donors (Lipinski definition) is 1. The molecule has 0 bridgehead atoms. The van der Waals surface area contributed by atoms with Gasteiger partial charge in [-0.25, -0.2) is 4.98 Å². The summed E-state index contributed by atoms with van der Waals surface area (Å²) in [5.74, 6) is 2.77. The summed E-state index contributed by atoms with van der Waals surface area (Å²) in [7, 11) is 3.20. The summed E-state index contributed by atoms with van der Waals surface area (Å²) in [4.78, 5) is 4.35. The maximum atomic E-state index is 10.6. The Kier molecular flexibility index (Phi) is 6.88. The van der Waals surface area contributed by atoms with E-state index in [0.717, 1.165) is 39.1 Å². The SMILES string of the molecule is COc1cc2c(C)nc(O)c(Cc3cccc(Oc4ccccc4)c3)c2cc1OC.Cl. The molecule has 0 radical (unpaired) electrons. The Morgan fingerprint density at radius 3 is 2.13 bits per heavy atom. The van der Waals surface area contributed by atoms with Gasteiger partial charge in [0.1, 0.15) is 11.5 Å². The topological polar surface area (TPSA) is 60.8 Å². The number of halogens is 1. The zero-order valence-electron chi connectivity index (χ0n) is 17.6. The van der Waals surface area contributed by atoms with Gasteiger partial charge in [0.25, 0.3) is 0 Å². The summed E-state index contributed by atoms with van der Waals surface area (Å²) in [5, 5.41) is 12.4. The minimum atomic E-state index is 0. The van der Waals surface area contributed by atoms with Crippen LogP contribution in [0.4, 0.5) is 0 Å². The van der Waals surface area contributed by atoms with Crippen LogP contribution in [-0.4, -0.2) is 24.3 Å². The van der Waals surface area contributed by atoms with E-state index in [1.807, 2.05) is 73.7 Å². The second-order valence-corrected chi connectivity index (χ2v) is 6.99. The zero-order chi connectivity index (χ0) is 21.1. The molecule has 5 nitrogen and oxygen atoms in total. The molecule has 1 heterocycles. The van der Waals surface area contributed by atoms with Gasteiger partial charge < -0.3 is 19.3 Å². The van der Waals surface area contributed by atoms with E-state index in [2.05, 4.69) is 4.98 Å². The van der Waals surface area contributed by atoms with E-state index in [1.165, 1.54) is 0 Å². The van der Waals surface area contributed by atoms with Gasteiger partial charge in [-0.2, -0.15) is 0 Å². The lowest BCUT2D eigenvalue weighted by molar-refractivity contribution is 0.355. The van der Waals surface area contributed by atoms with Crippen molar-refractivity contribution in [3.05, 3.63) is 83.6 Å². The van der Waals surface area contributed by atoms with Gasteiger partial charge in [-0.3, -0.25) is 0 Å². The van der Waals surface area contributed by atoms with Crippen molar-refractivity contribution in [3.8, 4) is 28.9 Å². The number of ether oxygens (including phenoxy) is 3. The summed E-state index contributed by atoms with van der Waals surface area (Å²) < 4.78 is 16.8. The van der Waals surface area contributed by atoms with Crippen molar-refractivity contribution in [2.45, 2.75) is 13.3 Å². The normalized spacial score (nSPS) is 10.4. The lowest BCUT2D eigenvalue weighted by atomic mass is 9.98. The van der Waals surface area contributed by atoms with Crippen molar-refractivity contribution in [3.63, 3.8) is 0 Å². The van der Waals surface area contributed by atoms with Crippen molar-refractivity contribution in [1.82, 2.24) is 4.98 Å². The highest BCUT2D eigenvalue weighted by atomic mass is 35.5. The van der Waals surface area contributed by atoms with Crippen LogP contribution in [0, 0.1) is 6.92 Å². The third-order valence-corrected chi connectivity index (χ3v) is 5.04. The highest BCUT2D eigenvalue weighted by molar-refractivity contribution is 5.92. The number of nitrogens with zero attached hydrogens (tertiary/aromatic N) is 1. The Bertz CT molecular complexity index is 1200. The molecule has 0 aliphatic heterocycles. The summed E-state index contributed by atoms with van der Waals surface area (Å²) in [6.45, 7) is 1.87. The smallest absolute Gasteiger partial charge is 0.215 e. The summed E-state index contributed by atoms with van der Waals surface area (Å²) in [5.41, 5.74) is 2.46. The van der Waals surface area contributed by atoms with Crippen LogP contribution < -0.4 is 14.2 Å². The Labute approximate surface area is 187 Å². The quantitative estimate of drug-likeness (QED) is 0.396. The van der Waals surface area contributed by atoms with Gasteiger partial charge >= 0.3 is 0 Å². The lowest BCUT2D eigenvalue weighted by Gasteiger charge is -2.15. The first-order chi connectivity index (χ1) is 14.6. The molecule has 0 amide bonds. The largest absolute Gasteiger partial charge is 0.493 e. The van der Waals surface area contributed by atoms with E-state index in [-0.39, 0.29) is 18.3 Å². The maximum absolute atomic E-state index is 10.6. The predicted molar refractivity (Wildman–Crippen MR) is 124 cm³/mol. The van der Waals surface area contributed by atoms with Crippen molar-refractivity contribution < 1.29 is 19.3 Å². The van der Waals surface area contributed by atoms with Crippen LogP contribution in [0.1, 0.15) is 16.8 Å². The molecule has 0 aliphatic carbocycles. The molecular formula is C25H24ClNO4. The van der Waals surface area contributed by atoms with Crippen molar-refractivity contribution in [2.75, 3.05) is 14.2 Å². The van der Waals surface area contributed by atoms with Crippen LogP contribution in [0.2, 0.25) is 0 Å². The monoisotopic (exact) mass is 437 g/mol. The molecule has 0 fully saturated rings. The fourth-order valence-corrected chi connectivity index (χ4v) is 3.56. The second-order valence-electron chi connectivity index (χ2n) is 6.99. The molecule has 160 valence electrons. The number of para-hydroxylation sites is 1. The molecule has 1 aromatic heterocycles. The van der Waals surface area contributed by atoms with Gasteiger partial charge in [0.05, 0.1) is 14.2 Å². The molecule has 4 aromatic rings. The van der Waals surface area contributed by atoms with Crippen LogP contribution in [-0.2, 0) is 6.42 Å². The third kappa shape index (κ3) is 4.67. The number of methoxy groups -OCH3 is 2. The molecule has 3 aromatic carbocycles. The Morgan fingerprint density at radius 2 is 1.45 bits per heavy atom. The highest BCUT2D eigenvalue weighted by Gasteiger charge is 2.16. The molecule has 0 saturated carbocycles. The number of hydrogen-bond acceptors (Lipinski definition) is 5. The molecule has 0 atom stereocenters. The van der Waals surface area contributed by atoms with E-state index in [1.54, 1.807) is 14.2 Å². The number of aromatic hydroxyl groups is 1. The zero-order valence-corrected chi connectivity index (χ0v) is 18.4. The molecule has 0 spiro atoms. The van der Waals surface area contributed by atoms with Crippen molar-refractivity contribution >= 4 is 23.2 Å². The maximum Gasteiger partial charge on any atom is 0.215 e. The van der Waals surface area contributed by atoms with Crippen LogP contribution in [0.5, 0.6) is 28.9 Å². The number of aromatic nitrogens is 1. The van der Waals surface area contributed by atoms with Crippen molar-refractivity contribution in [1.29, 1.82) is 0 Å². The molecule has 4 rings (SSSR count). The minimum absolute atomic E-state index is 0. The number of pyridine rings is 1. The van der Waals surface area contributed by atoms with E-state index in [4.69, 9.17) is 14.2 Å². The van der Waals surface area contributed by atoms with E-state index in [0.29, 0.717) is 17.9 Å². The fraction of sp³-hybridized carbons (Fsp3) is 0.160. The summed E-state index contributed by atoms with van der Waals surface area (Å²) >= 11 is 0. The molecule has 6 heteroatoms. The average molecular weight is 438 g/mol. The fourth-order valence-electron chi connectivity index (χ4n) is 3.56. The number of benzene rings is 3. The van der Waals surface area contributed by atoms with E-state index < -0.39 is 0 Å². The first-order valence-corrected chi connectivity index (χ1v) is 9.65. The number of rotatable bonds is 6. The molecule has 0 unspecified atom stereocenters. The second kappa shape index (κ2) is 9.58. The van der Waals surface area contributed by atoms with Gasteiger partial charge in [0.15, 0.2) is 11.5 Å². The average Bonchev–Trinajstić information content (AvgIpc) is 2.76. The Morgan fingerprint density at radius 1 is 0.806 bits per heavy atom. The van der Waals surface area contributed by atoms with Crippen LogP contribution in [0.25, 0.3) is 10.8 Å². The molecule has 0 aliphatic rings. The van der Waals surface area contributed by atoms with Crippen molar-refractivity contribution in [2.24, 2.45) is 0 Å². The first kappa shape index (κ1) is 22.2. The number of fused-ring (bicyclic) bond motifs is 1. The van der Waals surface area contributed by atoms with Crippen LogP contribution in [0.15, 0.2) is 66.7 Å². The summed E-state index contributed by atoms with van der Waals surface area (Å²) in [6.07, 6.45) is 0.497. The van der Waals surface area contributed by atoms with Gasteiger partial charge in [-0.1, -0.05) is 30.3 Å². The van der Waals surface area contributed by atoms with Crippen LogP contribution in [0.3, 0.4) is 0 Å².